The summed E-state index contributed by atoms with van der Waals surface area (Å²) < 4.78 is 0. The van der Waals surface area contributed by atoms with Crippen LogP contribution in [-0.2, 0) is 0 Å². The number of piperidine rings is 1. The molecule has 0 bridgehead atoms. The van der Waals surface area contributed by atoms with Crippen molar-refractivity contribution in [2.24, 2.45) is 4.99 Å². The van der Waals surface area contributed by atoms with Crippen molar-refractivity contribution in [3.63, 3.8) is 0 Å². The number of likely N-dealkylation sites (tertiary alicyclic amines) is 1. The maximum absolute atomic E-state index is 4.75. The number of nitrogens with one attached hydrogen (secondary N) is 2. The van der Waals surface area contributed by atoms with E-state index in [-0.39, 0.29) is 0 Å². The molecule has 0 spiro atoms. The SMILES string of the molecule is CCNC(=NCCCN1CCCCC1C)NCCCCN(CC)CC. The first-order valence-electron chi connectivity index (χ1n) is 10.7. The fourth-order valence-corrected chi connectivity index (χ4v) is 3.50. The largest absolute Gasteiger partial charge is 0.357 e. The summed E-state index contributed by atoms with van der Waals surface area (Å²) in [4.78, 5) is 9.86. The van der Waals surface area contributed by atoms with Gasteiger partial charge in [0.05, 0.1) is 0 Å². The van der Waals surface area contributed by atoms with Crippen LogP contribution in [0.5, 0.6) is 0 Å². The molecule has 5 heteroatoms. The van der Waals surface area contributed by atoms with E-state index in [1.54, 1.807) is 0 Å². The number of hydrogen-bond donors (Lipinski definition) is 2. The van der Waals surface area contributed by atoms with Gasteiger partial charge in [0.25, 0.3) is 0 Å². The minimum Gasteiger partial charge on any atom is -0.357 e. The van der Waals surface area contributed by atoms with E-state index in [4.69, 9.17) is 4.99 Å². The zero-order chi connectivity index (χ0) is 18.3. The first kappa shape index (κ1) is 22.2. The molecule has 25 heavy (non-hydrogen) atoms. The van der Waals surface area contributed by atoms with Gasteiger partial charge < -0.3 is 20.4 Å². The van der Waals surface area contributed by atoms with Crippen LogP contribution in [0.3, 0.4) is 0 Å². The van der Waals surface area contributed by atoms with E-state index in [1.165, 1.54) is 51.7 Å². The summed E-state index contributed by atoms with van der Waals surface area (Å²) in [7, 11) is 0. The van der Waals surface area contributed by atoms with Crippen molar-refractivity contribution in [2.75, 3.05) is 52.4 Å². The Hall–Kier alpha value is -0.810. The van der Waals surface area contributed by atoms with Crippen LogP contribution in [0.2, 0.25) is 0 Å². The van der Waals surface area contributed by atoms with Crippen LogP contribution < -0.4 is 10.6 Å². The van der Waals surface area contributed by atoms with E-state index in [2.05, 4.69) is 48.1 Å². The van der Waals surface area contributed by atoms with E-state index in [0.29, 0.717) is 0 Å². The Bertz CT molecular complexity index is 341. The van der Waals surface area contributed by atoms with Crippen molar-refractivity contribution in [1.82, 2.24) is 20.4 Å². The van der Waals surface area contributed by atoms with Crippen LogP contribution in [-0.4, -0.2) is 74.2 Å². The lowest BCUT2D eigenvalue weighted by Crippen LogP contribution is -2.39. The van der Waals surface area contributed by atoms with Gasteiger partial charge in [0.2, 0.25) is 0 Å². The average Bonchev–Trinajstić information content (AvgIpc) is 2.63. The third-order valence-electron chi connectivity index (χ3n) is 5.25. The van der Waals surface area contributed by atoms with Gasteiger partial charge >= 0.3 is 0 Å². The van der Waals surface area contributed by atoms with Crippen LogP contribution in [0, 0.1) is 0 Å². The van der Waals surface area contributed by atoms with Crippen molar-refractivity contribution in [1.29, 1.82) is 0 Å². The zero-order valence-electron chi connectivity index (χ0n) is 17.3. The van der Waals surface area contributed by atoms with Gasteiger partial charge in [-0.15, -0.1) is 0 Å². The third kappa shape index (κ3) is 10.0. The molecule has 0 amide bonds. The summed E-state index contributed by atoms with van der Waals surface area (Å²) in [6.07, 6.45) is 7.74. The molecule has 0 aliphatic carbocycles. The van der Waals surface area contributed by atoms with Gasteiger partial charge in [0.15, 0.2) is 5.96 Å². The number of guanidine groups is 1. The van der Waals surface area contributed by atoms with Crippen LogP contribution in [0.15, 0.2) is 4.99 Å². The summed E-state index contributed by atoms with van der Waals surface area (Å²) in [5.41, 5.74) is 0. The summed E-state index contributed by atoms with van der Waals surface area (Å²) in [5, 5.41) is 6.85. The molecule has 1 unspecified atom stereocenters. The molecule has 1 saturated heterocycles. The monoisotopic (exact) mass is 353 g/mol. The van der Waals surface area contributed by atoms with E-state index >= 15 is 0 Å². The average molecular weight is 354 g/mol. The molecule has 1 aliphatic rings. The Morgan fingerprint density at radius 2 is 1.88 bits per heavy atom. The van der Waals surface area contributed by atoms with E-state index in [9.17, 15) is 0 Å². The Kier molecular flexibility index (Phi) is 12.8. The van der Waals surface area contributed by atoms with Crippen LogP contribution in [0.1, 0.15) is 66.2 Å². The molecule has 2 N–H and O–H groups in total. The molecule has 0 aromatic carbocycles. The first-order valence-corrected chi connectivity index (χ1v) is 10.7. The molecular formula is C20H43N5. The maximum atomic E-state index is 4.75. The third-order valence-corrected chi connectivity index (χ3v) is 5.25. The quantitative estimate of drug-likeness (QED) is 0.322. The lowest BCUT2D eigenvalue weighted by atomic mass is 10.0. The topological polar surface area (TPSA) is 42.9 Å². The maximum Gasteiger partial charge on any atom is 0.191 e. The van der Waals surface area contributed by atoms with Crippen LogP contribution in [0.4, 0.5) is 0 Å². The van der Waals surface area contributed by atoms with Crippen molar-refractivity contribution in [3.8, 4) is 0 Å². The summed E-state index contributed by atoms with van der Waals surface area (Å²) in [5.74, 6) is 0.983. The molecule has 148 valence electrons. The van der Waals surface area contributed by atoms with E-state index < -0.39 is 0 Å². The van der Waals surface area contributed by atoms with Crippen molar-refractivity contribution in [3.05, 3.63) is 0 Å². The molecular weight excluding hydrogens is 310 g/mol. The Morgan fingerprint density at radius 1 is 1.08 bits per heavy atom. The van der Waals surface area contributed by atoms with E-state index in [1.807, 2.05) is 0 Å². The van der Waals surface area contributed by atoms with Gasteiger partial charge in [-0.05, 0) is 72.1 Å². The predicted octanol–water partition coefficient (Wildman–Crippen LogP) is 2.93. The molecule has 1 heterocycles. The predicted molar refractivity (Wildman–Crippen MR) is 111 cm³/mol. The van der Waals surface area contributed by atoms with Crippen LogP contribution >= 0.6 is 0 Å². The highest BCUT2D eigenvalue weighted by Crippen LogP contribution is 2.16. The Labute approximate surface area is 156 Å². The smallest absolute Gasteiger partial charge is 0.191 e. The standard InChI is InChI=1S/C20H43N5/c1-5-21-20(22-14-9-11-16-24(6-2)7-3)23-15-12-18-25-17-10-8-13-19(25)4/h19H,5-18H2,1-4H3,(H2,21,22,23). The number of rotatable bonds is 12. The summed E-state index contributed by atoms with van der Waals surface area (Å²) in [6, 6.07) is 0.759. The Morgan fingerprint density at radius 3 is 2.56 bits per heavy atom. The Balaban J connectivity index is 2.17. The van der Waals surface area contributed by atoms with Crippen molar-refractivity contribution < 1.29 is 0 Å². The molecule has 0 saturated carbocycles. The second-order valence-corrected chi connectivity index (χ2v) is 7.16. The van der Waals surface area contributed by atoms with Gasteiger partial charge in [-0.3, -0.25) is 4.99 Å². The lowest BCUT2D eigenvalue weighted by Gasteiger charge is -2.33. The zero-order valence-corrected chi connectivity index (χ0v) is 17.3. The molecule has 1 atom stereocenters. The molecule has 0 aromatic rings. The minimum absolute atomic E-state index is 0.759. The molecule has 1 fully saturated rings. The van der Waals surface area contributed by atoms with Gasteiger partial charge in [-0.25, -0.2) is 0 Å². The molecule has 0 radical (unpaired) electrons. The highest BCUT2D eigenvalue weighted by Gasteiger charge is 2.16. The minimum atomic E-state index is 0.759. The fraction of sp³-hybridized carbons (Fsp3) is 0.950. The first-order chi connectivity index (χ1) is 12.2. The fourth-order valence-electron chi connectivity index (χ4n) is 3.50. The molecule has 1 aliphatic heterocycles. The molecule has 0 aromatic heterocycles. The van der Waals surface area contributed by atoms with Crippen molar-refractivity contribution in [2.45, 2.75) is 72.3 Å². The van der Waals surface area contributed by atoms with Gasteiger partial charge in [-0.2, -0.15) is 0 Å². The van der Waals surface area contributed by atoms with E-state index in [0.717, 1.165) is 51.1 Å². The summed E-state index contributed by atoms with van der Waals surface area (Å²) in [6.45, 7) is 17.8. The molecule has 1 rings (SSSR count). The number of aliphatic imine (C=N–C) groups is 1. The van der Waals surface area contributed by atoms with Gasteiger partial charge in [0, 0.05) is 32.2 Å². The van der Waals surface area contributed by atoms with Crippen molar-refractivity contribution >= 4 is 5.96 Å². The highest BCUT2D eigenvalue weighted by atomic mass is 15.2. The number of unbranched alkanes of at least 4 members (excludes halogenated alkanes) is 1. The second kappa shape index (κ2) is 14.4. The molecule has 5 nitrogen and oxygen atoms in total. The van der Waals surface area contributed by atoms with Gasteiger partial charge in [0.1, 0.15) is 0 Å². The second-order valence-electron chi connectivity index (χ2n) is 7.16. The number of nitrogens with zero attached hydrogens (tertiary/aromatic N) is 3. The van der Waals surface area contributed by atoms with Crippen LogP contribution in [0.25, 0.3) is 0 Å². The number of hydrogen-bond acceptors (Lipinski definition) is 3. The lowest BCUT2D eigenvalue weighted by molar-refractivity contribution is 0.160. The highest BCUT2D eigenvalue weighted by molar-refractivity contribution is 5.79. The normalized spacial score (nSPS) is 19.4. The summed E-state index contributed by atoms with van der Waals surface area (Å²) >= 11 is 0. The van der Waals surface area contributed by atoms with Gasteiger partial charge in [-0.1, -0.05) is 20.3 Å².